The van der Waals surface area contributed by atoms with E-state index >= 15 is 0 Å². The Kier molecular flexibility index (Phi) is 7.09. The normalized spacial score (nSPS) is 24.1. The topological polar surface area (TPSA) is 133 Å². The van der Waals surface area contributed by atoms with Gasteiger partial charge >= 0.3 is 0 Å². The number of aliphatic hydroxyl groups excluding tert-OH is 2. The number of aromatic nitrogens is 1. The summed E-state index contributed by atoms with van der Waals surface area (Å²) in [5.74, 6) is -3.66. The number of fused-ring (bicyclic) bond motifs is 5. The van der Waals surface area contributed by atoms with Crippen molar-refractivity contribution in [1.29, 1.82) is 0 Å². The number of amides is 2. The Morgan fingerprint density at radius 2 is 1.65 bits per heavy atom. The molecule has 9 nitrogen and oxygen atoms in total. The lowest BCUT2D eigenvalue weighted by Crippen LogP contribution is -2.56. The van der Waals surface area contributed by atoms with Crippen LogP contribution in [0, 0.1) is 11.6 Å². The highest BCUT2D eigenvalue weighted by Crippen LogP contribution is 2.42. The van der Waals surface area contributed by atoms with Gasteiger partial charge in [-0.05, 0) is 55.0 Å². The molecule has 0 aliphatic carbocycles. The fourth-order valence-electron chi connectivity index (χ4n) is 5.30. The van der Waals surface area contributed by atoms with Crippen LogP contribution in [-0.2, 0) is 9.47 Å². The molecule has 210 valence electrons. The summed E-state index contributed by atoms with van der Waals surface area (Å²) in [6.45, 7) is 5.61. The van der Waals surface area contributed by atoms with Gasteiger partial charge in [0.25, 0.3) is 11.8 Å². The third kappa shape index (κ3) is 4.50. The number of aliphatic hydroxyl groups is 2. The van der Waals surface area contributed by atoms with E-state index < -0.39 is 47.7 Å². The fraction of sp³-hybridized carbons (Fsp3) is 0.310. The number of imide groups is 1. The molecule has 4 unspecified atom stereocenters. The molecular weight excluding hydrogens is 524 g/mol. The van der Waals surface area contributed by atoms with Crippen molar-refractivity contribution in [3.05, 3.63) is 65.2 Å². The minimum Gasteiger partial charge on any atom is -0.390 e. The van der Waals surface area contributed by atoms with Gasteiger partial charge in [-0.15, -0.1) is 0 Å². The molecule has 0 saturated carbocycles. The van der Waals surface area contributed by atoms with E-state index in [4.69, 9.17) is 9.47 Å². The second kappa shape index (κ2) is 10.3. The van der Waals surface area contributed by atoms with Crippen molar-refractivity contribution in [2.24, 2.45) is 0 Å². The Morgan fingerprint density at radius 1 is 0.975 bits per heavy atom. The molecule has 2 amide bonds. The molecule has 3 heterocycles. The molecule has 0 radical (unpaired) electrons. The zero-order valence-corrected chi connectivity index (χ0v) is 22.3. The summed E-state index contributed by atoms with van der Waals surface area (Å²) in [6.07, 6.45) is -3.66. The number of H-pyrrole nitrogens is 1. The molecule has 11 heteroatoms. The second-order valence-electron chi connectivity index (χ2n) is 9.67. The average molecular weight is 554 g/mol. The summed E-state index contributed by atoms with van der Waals surface area (Å²) in [5.41, 5.74) is 1.74. The van der Waals surface area contributed by atoms with Crippen LogP contribution in [0.1, 0.15) is 47.9 Å². The molecule has 6 rings (SSSR count). The first-order valence-corrected chi connectivity index (χ1v) is 12.9. The van der Waals surface area contributed by atoms with E-state index in [1.807, 2.05) is 13.8 Å². The Balaban J connectivity index is 0.00000158. The summed E-state index contributed by atoms with van der Waals surface area (Å²) in [6, 6.07) is 9.44. The number of rotatable bonds is 4. The molecule has 40 heavy (non-hydrogen) atoms. The van der Waals surface area contributed by atoms with Gasteiger partial charge in [0.05, 0.1) is 17.2 Å². The molecule has 3 aromatic carbocycles. The number of methoxy groups -OCH3 is 1. The summed E-state index contributed by atoms with van der Waals surface area (Å²) in [4.78, 5) is 29.1. The third-order valence-electron chi connectivity index (χ3n) is 7.19. The zero-order chi connectivity index (χ0) is 28.9. The number of aromatic amines is 1. The number of nitrogens with one attached hydrogen (secondary N) is 3. The van der Waals surface area contributed by atoms with Gasteiger partial charge in [0.2, 0.25) is 0 Å². The number of halogens is 2. The van der Waals surface area contributed by atoms with E-state index in [0.717, 1.165) is 0 Å². The van der Waals surface area contributed by atoms with Gasteiger partial charge in [0, 0.05) is 46.6 Å². The molecule has 2 aliphatic rings. The van der Waals surface area contributed by atoms with Crippen molar-refractivity contribution in [2.45, 2.75) is 51.4 Å². The molecular formula is C29H29F2N3O6. The van der Waals surface area contributed by atoms with Gasteiger partial charge in [-0.25, -0.2) is 8.78 Å². The van der Waals surface area contributed by atoms with E-state index in [2.05, 4.69) is 15.6 Å². The molecule has 2 aliphatic heterocycles. The lowest BCUT2D eigenvalue weighted by atomic mass is 9.91. The number of carbonyl (C=O) groups excluding carboxylic acids is 2. The maximum atomic E-state index is 14.6. The number of carbonyl (C=O) groups is 2. The number of hydrogen-bond donors (Lipinski definition) is 5. The van der Waals surface area contributed by atoms with Crippen molar-refractivity contribution >= 4 is 39.3 Å². The highest BCUT2D eigenvalue weighted by atomic mass is 19.1. The monoisotopic (exact) mass is 553 g/mol. The van der Waals surface area contributed by atoms with Crippen LogP contribution in [0.3, 0.4) is 0 Å². The molecule has 0 spiro atoms. The number of ether oxygens (including phenoxy) is 2. The largest absolute Gasteiger partial charge is 0.390 e. The van der Waals surface area contributed by atoms with Crippen LogP contribution in [0.15, 0.2) is 42.5 Å². The Bertz CT molecular complexity index is 1650. The van der Waals surface area contributed by atoms with Crippen LogP contribution in [-0.4, -0.2) is 58.3 Å². The number of anilines is 1. The van der Waals surface area contributed by atoms with Crippen molar-refractivity contribution in [3.63, 3.8) is 0 Å². The first-order valence-electron chi connectivity index (χ1n) is 12.9. The van der Waals surface area contributed by atoms with Crippen molar-refractivity contribution in [1.82, 2.24) is 10.3 Å². The van der Waals surface area contributed by atoms with E-state index in [9.17, 15) is 28.6 Å². The summed E-state index contributed by atoms with van der Waals surface area (Å²) in [7, 11) is 1.41. The van der Waals surface area contributed by atoms with Gasteiger partial charge in [-0.3, -0.25) is 14.9 Å². The van der Waals surface area contributed by atoms with E-state index in [-0.39, 0.29) is 34.4 Å². The molecule has 0 bridgehead atoms. The van der Waals surface area contributed by atoms with E-state index in [0.29, 0.717) is 21.8 Å². The van der Waals surface area contributed by atoms with Crippen LogP contribution in [0.4, 0.5) is 14.5 Å². The summed E-state index contributed by atoms with van der Waals surface area (Å²) >= 11 is 0. The molecule has 1 aromatic heterocycles. The predicted octanol–water partition coefficient (Wildman–Crippen LogP) is 4.42. The maximum Gasteiger partial charge on any atom is 0.259 e. The standard InChI is InChI=1S/C27H23F2N3O6.C2H6/c1-27(37-2)10-19(33)23(34)26(38-27)31-16-5-3-11(28)7-13(16)14-9-18-20(22-21(14)24(35)32-25(22)36)15-8-12(29)4-6-17(15)30-18;1-2/h3-9,19,23,26,30-31,33-34H,10H2,1-2H3,(H,32,35,36);1-2H3. The SMILES string of the molecule is CC.COC1(C)CC(O)C(O)C(Nc2ccc(F)cc2-c2cc3[nH]c4ccc(F)cc4c3c3c2C(=O)NC3=O)O1. The smallest absolute Gasteiger partial charge is 0.259 e. The lowest BCUT2D eigenvalue weighted by Gasteiger charge is -2.43. The second-order valence-corrected chi connectivity index (χ2v) is 9.67. The maximum absolute atomic E-state index is 14.6. The molecule has 1 saturated heterocycles. The van der Waals surface area contributed by atoms with Crippen LogP contribution >= 0.6 is 0 Å². The quantitative estimate of drug-likeness (QED) is 0.236. The van der Waals surface area contributed by atoms with Gasteiger partial charge in [0.15, 0.2) is 12.0 Å². The molecule has 1 fully saturated rings. The summed E-state index contributed by atoms with van der Waals surface area (Å²) in [5, 5.41) is 27.1. The van der Waals surface area contributed by atoms with Gasteiger partial charge < -0.3 is 30.0 Å². The highest BCUT2D eigenvalue weighted by Gasteiger charge is 2.44. The average Bonchev–Trinajstić information content (AvgIpc) is 3.44. The molecule has 4 aromatic rings. The van der Waals surface area contributed by atoms with Crippen LogP contribution in [0.2, 0.25) is 0 Å². The Labute approximate surface area is 228 Å². The number of hydrogen-bond acceptors (Lipinski definition) is 7. The molecule has 4 atom stereocenters. The lowest BCUT2D eigenvalue weighted by molar-refractivity contribution is -0.295. The third-order valence-corrected chi connectivity index (χ3v) is 7.19. The van der Waals surface area contributed by atoms with Gasteiger partial charge in [-0.1, -0.05) is 13.8 Å². The van der Waals surface area contributed by atoms with Crippen LogP contribution in [0.5, 0.6) is 0 Å². The highest BCUT2D eigenvalue weighted by molar-refractivity contribution is 6.32. The fourth-order valence-corrected chi connectivity index (χ4v) is 5.30. The van der Waals surface area contributed by atoms with E-state index in [1.165, 1.54) is 43.5 Å². The predicted molar refractivity (Wildman–Crippen MR) is 145 cm³/mol. The number of benzene rings is 3. The first kappa shape index (κ1) is 27.7. The molecule has 5 N–H and O–H groups in total. The Hall–Kier alpha value is -3.90. The van der Waals surface area contributed by atoms with E-state index in [1.54, 1.807) is 13.0 Å². The Morgan fingerprint density at radius 3 is 2.38 bits per heavy atom. The van der Waals surface area contributed by atoms with Crippen LogP contribution in [0.25, 0.3) is 32.9 Å². The van der Waals surface area contributed by atoms with Gasteiger partial charge in [0.1, 0.15) is 17.7 Å². The summed E-state index contributed by atoms with van der Waals surface area (Å²) < 4.78 is 39.9. The van der Waals surface area contributed by atoms with Crippen molar-refractivity contribution < 1.29 is 38.1 Å². The van der Waals surface area contributed by atoms with Gasteiger partial charge in [-0.2, -0.15) is 0 Å². The minimum absolute atomic E-state index is 0.00758. The van der Waals surface area contributed by atoms with Crippen molar-refractivity contribution in [2.75, 3.05) is 12.4 Å². The zero-order valence-electron chi connectivity index (χ0n) is 22.3. The minimum atomic E-state index is -1.35. The van der Waals surface area contributed by atoms with Crippen LogP contribution < -0.4 is 10.6 Å². The van der Waals surface area contributed by atoms with Crippen molar-refractivity contribution in [3.8, 4) is 11.1 Å². The first-order chi connectivity index (χ1) is 19.1.